The molecule has 3 nitrogen and oxygen atoms in total. The van der Waals surface area contributed by atoms with Crippen molar-refractivity contribution in [1.29, 1.82) is 5.26 Å². The number of carboxylic acid groups (broad SMARTS) is 1. The molecule has 0 bridgehead atoms. The third-order valence-corrected chi connectivity index (χ3v) is 1.71. The zero-order chi connectivity index (χ0) is 16.3. The Labute approximate surface area is 126 Å². The van der Waals surface area contributed by atoms with E-state index in [-0.39, 0.29) is 0 Å². The van der Waals surface area contributed by atoms with Crippen LogP contribution in [0.4, 0.5) is 0 Å². The van der Waals surface area contributed by atoms with Gasteiger partial charge in [0.1, 0.15) is 0 Å². The molecule has 0 saturated heterocycles. The van der Waals surface area contributed by atoms with Gasteiger partial charge in [0.05, 0.1) is 6.07 Å². The highest BCUT2D eigenvalue weighted by Crippen LogP contribution is 2.00. The van der Waals surface area contributed by atoms with Gasteiger partial charge in [-0.15, -0.1) is 0 Å². The molecule has 21 heavy (non-hydrogen) atoms. The summed E-state index contributed by atoms with van der Waals surface area (Å²) in [4.78, 5) is 9.25. The van der Waals surface area contributed by atoms with E-state index in [9.17, 15) is 4.79 Å². The minimum absolute atomic E-state index is 0.833. The van der Waals surface area contributed by atoms with Crippen LogP contribution in [0.2, 0.25) is 0 Å². The van der Waals surface area contributed by atoms with E-state index in [1.165, 1.54) is 11.6 Å². The molecule has 0 amide bonds. The minimum Gasteiger partial charge on any atom is -0.478 e. The Morgan fingerprint density at radius 2 is 1.62 bits per heavy atom. The van der Waals surface area contributed by atoms with Crippen LogP contribution in [0.15, 0.2) is 86.5 Å². The number of hydrogen-bond acceptors (Lipinski definition) is 2. The van der Waals surface area contributed by atoms with Gasteiger partial charge >= 0.3 is 5.97 Å². The van der Waals surface area contributed by atoms with Gasteiger partial charge in [-0.3, -0.25) is 0 Å². The lowest BCUT2D eigenvalue weighted by Crippen LogP contribution is -1.82. The van der Waals surface area contributed by atoms with Crippen molar-refractivity contribution in [3.8, 4) is 6.07 Å². The quantitative estimate of drug-likeness (QED) is 0.505. The van der Waals surface area contributed by atoms with Crippen molar-refractivity contribution >= 4 is 12.0 Å². The summed E-state index contributed by atoms with van der Waals surface area (Å²) >= 11 is 0. The SMILES string of the molecule is C=CC#N.C=CC(=O)O.C=CC=CC=Cc1ccccc1. The highest BCUT2D eigenvalue weighted by Gasteiger charge is 1.78. The third-order valence-electron chi connectivity index (χ3n) is 1.71. The molecule has 0 fully saturated rings. The number of aliphatic carboxylic acids is 1. The zero-order valence-corrected chi connectivity index (χ0v) is 11.9. The second-order valence-electron chi connectivity index (χ2n) is 3.27. The molecule has 1 aromatic rings. The molecule has 108 valence electrons. The Balaban J connectivity index is 0. The molecule has 0 unspecified atom stereocenters. The number of allylic oxidation sites excluding steroid dienone is 5. The van der Waals surface area contributed by atoms with Crippen LogP contribution in [0.5, 0.6) is 0 Å². The summed E-state index contributed by atoms with van der Waals surface area (Å²) in [6, 6.07) is 11.9. The first kappa shape index (κ1) is 20.2. The summed E-state index contributed by atoms with van der Waals surface area (Å²) in [6.07, 6.45) is 11.7. The second kappa shape index (κ2) is 16.9. The molecule has 0 saturated carbocycles. The molecule has 0 atom stereocenters. The molecule has 0 radical (unpaired) electrons. The molecular weight excluding hydrogens is 262 g/mol. The Hall–Kier alpha value is -3.12. The van der Waals surface area contributed by atoms with Crippen LogP contribution in [0.25, 0.3) is 6.08 Å². The molecule has 0 aliphatic carbocycles. The van der Waals surface area contributed by atoms with Crippen molar-refractivity contribution in [1.82, 2.24) is 0 Å². The number of benzene rings is 1. The standard InChI is InChI=1S/C12H12.C3H3N.C3H4O2/c1-2-3-4-6-9-12-10-7-5-8-11-12;1-2-3-4;1-2-3(4)5/h2-11H,1H2;2H,1H2;2H,1H2,(H,4,5). The summed E-state index contributed by atoms with van der Waals surface area (Å²) < 4.78 is 0. The maximum absolute atomic E-state index is 9.25. The van der Waals surface area contributed by atoms with E-state index in [1.807, 2.05) is 36.4 Å². The molecule has 0 heterocycles. The van der Waals surface area contributed by atoms with Gasteiger partial charge in [0, 0.05) is 12.2 Å². The molecule has 1 aromatic carbocycles. The van der Waals surface area contributed by atoms with E-state index in [1.54, 1.807) is 12.1 Å². The van der Waals surface area contributed by atoms with Gasteiger partial charge in [-0.2, -0.15) is 5.26 Å². The highest BCUT2D eigenvalue weighted by molar-refractivity contribution is 5.78. The molecule has 1 rings (SSSR count). The minimum atomic E-state index is -0.981. The Bertz CT molecular complexity index is 520. The lowest BCUT2D eigenvalue weighted by atomic mass is 10.2. The predicted octanol–water partition coefficient (Wildman–Crippen LogP) is 4.39. The van der Waals surface area contributed by atoms with Crippen molar-refractivity contribution < 1.29 is 9.90 Å². The van der Waals surface area contributed by atoms with Crippen LogP contribution < -0.4 is 0 Å². The van der Waals surface area contributed by atoms with Gasteiger partial charge in [-0.25, -0.2) is 4.79 Å². The zero-order valence-electron chi connectivity index (χ0n) is 11.9. The Morgan fingerprint density at radius 3 is 2.00 bits per heavy atom. The monoisotopic (exact) mass is 281 g/mol. The summed E-state index contributed by atoms with van der Waals surface area (Å²) in [5.41, 5.74) is 1.21. The third kappa shape index (κ3) is 19.4. The fourth-order valence-corrected chi connectivity index (χ4v) is 0.874. The van der Waals surface area contributed by atoms with Crippen LogP contribution in [0, 0.1) is 11.3 Å². The van der Waals surface area contributed by atoms with Crippen LogP contribution in [-0.2, 0) is 4.79 Å². The first-order chi connectivity index (χ1) is 10.1. The largest absolute Gasteiger partial charge is 0.478 e. The van der Waals surface area contributed by atoms with Gasteiger partial charge in [0.25, 0.3) is 0 Å². The smallest absolute Gasteiger partial charge is 0.327 e. The number of nitrogens with zero attached hydrogens (tertiary/aromatic N) is 1. The average Bonchev–Trinajstić information content (AvgIpc) is 2.53. The molecular formula is C18H19NO2. The van der Waals surface area contributed by atoms with Crippen molar-refractivity contribution in [2.24, 2.45) is 0 Å². The van der Waals surface area contributed by atoms with Crippen LogP contribution in [0.3, 0.4) is 0 Å². The maximum atomic E-state index is 9.25. The summed E-state index contributed by atoms with van der Waals surface area (Å²) in [5, 5.41) is 15.1. The highest BCUT2D eigenvalue weighted by atomic mass is 16.4. The fraction of sp³-hybridized carbons (Fsp3) is 0. The van der Waals surface area contributed by atoms with E-state index in [0.717, 1.165) is 6.08 Å². The maximum Gasteiger partial charge on any atom is 0.327 e. The summed E-state index contributed by atoms with van der Waals surface area (Å²) in [7, 11) is 0. The van der Waals surface area contributed by atoms with Gasteiger partial charge in [0.15, 0.2) is 0 Å². The molecule has 1 N–H and O–H groups in total. The topological polar surface area (TPSA) is 61.1 Å². The van der Waals surface area contributed by atoms with Crippen molar-refractivity contribution in [2.45, 2.75) is 0 Å². The van der Waals surface area contributed by atoms with E-state index in [2.05, 4.69) is 37.9 Å². The van der Waals surface area contributed by atoms with E-state index < -0.39 is 5.97 Å². The average molecular weight is 281 g/mol. The van der Waals surface area contributed by atoms with E-state index in [4.69, 9.17) is 10.4 Å². The molecule has 0 aliphatic rings. The molecule has 3 heteroatoms. The summed E-state index contributed by atoms with van der Waals surface area (Å²) in [5.74, 6) is -0.981. The number of carboxylic acids is 1. The van der Waals surface area contributed by atoms with Crippen molar-refractivity contribution in [3.63, 3.8) is 0 Å². The lowest BCUT2D eigenvalue weighted by molar-refractivity contribution is -0.131. The van der Waals surface area contributed by atoms with Crippen LogP contribution in [-0.4, -0.2) is 11.1 Å². The molecule has 0 spiro atoms. The second-order valence-corrected chi connectivity index (χ2v) is 3.27. The first-order valence-electron chi connectivity index (χ1n) is 5.99. The molecule has 0 aliphatic heterocycles. The normalized spacial score (nSPS) is 8.52. The van der Waals surface area contributed by atoms with Gasteiger partial charge in [0.2, 0.25) is 0 Å². The van der Waals surface area contributed by atoms with Gasteiger partial charge in [-0.05, 0) is 5.56 Å². The predicted molar refractivity (Wildman–Crippen MR) is 88.5 cm³/mol. The van der Waals surface area contributed by atoms with Crippen LogP contribution in [0.1, 0.15) is 5.56 Å². The number of nitriles is 1. The fourth-order valence-electron chi connectivity index (χ4n) is 0.874. The van der Waals surface area contributed by atoms with Crippen LogP contribution >= 0.6 is 0 Å². The van der Waals surface area contributed by atoms with E-state index >= 15 is 0 Å². The van der Waals surface area contributed by atoms with Crippen molar-refractivity contribution in [3.05, 3.63) is 92.1 Å². The Kier molecular flexibility index (Phi) is 16.2. The molecule has 0 aromatic heterocycles. The van der Waals surface area contributed by atoms with Crippen molar-refractivity contribution in [2.75, 3.05) is 0 Å². The van der Waals surface area contributed by atoms with Gasteiger partial charge < -0.3 is 5.11 Å². The first-order valence-corrected chi connectivity index (χ1v) is 5.99. The summed E-state index contributed by atoms with van der Waals surface area (Å²) in [6.45, 7) is 9.66. The number of hydrogen-bond donors (Lipinski definition) is 1. The number of rotatable bonds is 4. The Morgan fingerprint density at radius 1 is 1.10 bits per heavy atom. The van der Waals surface area contributed by atoms with E-state index in [0.29, 0.717) is 0 Å². The lowest BCUT2D eigenvalue weighted by Gasteiger charge is -1.87. The number of carbonyl (C=O) groups is 1. The van der Waals surface area contributed by atoms with Gasteiger partial charge in [-0.1, -0.05) is 80.4 Å².